The molecule has 0 radical (unpaired) electrons. The van der Waals surface area contributed by atoms with E-state index >= 15 is 0 Å². The SMILES string of the molecule is COCCCNC(=O)C(=O)N/N=C\c1ccc(OCC(=O)N2CCOCC2)c(OC)c1. The lowest BCUT2D eigenvalue weighted by Gasteiger charge is -2.26. The second-order valence-corrected chi connectivity index (χ2v) is 6.49. The molecule has 3 amide bonds. The number of ether oxygens (including phenoxy) is 4. The third-order valence-electron chi connectivity index (χ3n) is 4.30. The highest BCUT2D eigenvalue weighted by atomic mass is 16.5. The quantitative estimate of drug-likeness (QED) is 0.220. The van der Waals surface area contributed by atoms with Crippen LogP contribution in [0.15, 0.2) is 23.3 Å². The Morgan fingerprint density at radius 1 is 1.16 bits per heavy atom. The van der Waals surface area contributed by atoms with Gasteiger partial charge in [-0.15, -0.1) is 0 Å². The van der Waals surface area contributed by atoms with Gasteiger partial charge in [-0.25, -0.2) is 5.43 Å². The topological polar surface area (TPSA) is 128 Å². The van der Waals surface area contributed by atoms with Crippen molar-refractivity contribution < 1.29 is 33.3 Å². The minimum atomic E-state index is -0.873. The molecule has 31 heavy (non-hydrogen) atoms. The summed E-state index contributed by atoms with van der Waals surface area (Å²) in [5.41, 5.74) is 2.76. The van der Waals surface area contributed by atoms with Gasteiger partial charge in [-0.3, -0.25) is 14.4 Å². The molecule has 0 unspecified atom stereocenters. The Balaban J connectivity index is 1.83. The lowest BCUT2D eigenvalue weighted by molar-refractivity contribution is -0.139. The maximum absolute atomic E-state index is 12.2. The smallest absolute Gasteiger partial charge is 0.329 e. The molecule has 0 atom stereocenters. The molecule has 2 N–H and O–H groups in total. The first-order valence-corrected chi connectivity index (χ1v) is 9.81. The van der Waals surface area contributed by atoms with Gasteiger partial charge in [-0.1, -0.05) is 0 Å². The first-order valence-electron chi connectivity index (χ1n) is 9.81. The van der Waals surface area contributed by atoms with Crippen molar-refractivity contribution in [3.05, 3.63) is 23.8 Å². The summed E-state index contributed by atoms with van der Waals surface area (Å²) in [6.45, 7) is 2.85. The zero-order valence-electron chi connectivity index (χ0n) is 17.7. The molecule has 1 aromatic rings. The van der Waals surface area contributed by atoms with Crippen LogP contribution in [-0.2, 0) is 23.9 Å². The molecule has 170 valence electrons. The van der Waals surface area contributed by atoms with Crippen LogP contribution in [-0.4, -0.2) is 89.1 Å². The van der Waals surface area contributed by atoms with E-state index in [-0.39, 0.29) is 12.5 Å². The van der Waals surface area contributed by atoms with E-state index in [1.54, 1.807) is 30.2 Å². The highest BCUT2D eigenvalue weighted by molar-refractivity contribution is 6.35. The third kappa shape index (κ3) is 8.22. The van der Waals surface area contributed by atoms with Crippen LogP contribution in [0.2, 0.25) is 0 Å². The Labute approximate surface area is 180 Å². The van der Waals surface area contributed by atoms with Crippen LogP contribution in [0.4, 0.5) is 0 Å². The van der Waals surface area contributed by atoms with Gasteiger partial charge >= 0.3 is 11.8 Å². The standard InChI is InChI=1S/C20H28N4O7/c1-28-9-3-6-21-19(26)20(27)23-22-13-15-4-5-16(17(12-15)29-2)31-14-18(25)24-7-10-30-11-8-24/h4-5,12-13H,3,6-11,14H2,1-2H3,(H,21,26)(H,23,27)/b22-13-. The molecule has 0 spiro atoms. The van der Waals surface area contributed by atoms with Gasteiger partial charge in [0.1, 0.15) is 0 Å². The van der Waals surface area contributed by atoms with Gasteiger partial charge < -0.3 is 29.2 Å². The van der Waals surface area contributed by atoms with E-state index in [1.807, 2.05) is 0 Å². The minimum Gasteiger partial charge on any atom is -0.493 e. The lowest BCUT2D eigenvalue weighted by atomic mass is 10.2. The molecule has 2 rings (SSSR count). The summed E-state index contributed by atoms with van der Waals surface area (Å²) < 4.78 is 21.0. The normalized spacial score (nSPS) is 13.7. The molecule has 0 aliphatic carbocycles. The van der Waals surface area contributed by atoms with Gasteiger partial charge in [0.25, 0.3) is 5.91 Å². The summed E-state index contributed by atoms with van der Waals surface area (Å²) >= 11 is 0. The molecule has 1 heterocycles. The van der Waals surface area contributed by atoms with Crippen LogP contribution in [0.3, 0.4) is 0 Å². The van der Waals surface area contributed by atoms with Crippen LogP contribution < -0.4 is 20.2 Å². The fourth-order valence-electron chi connectivity index (χ4n) is 2.64. The Bertz CT molecular complexity index is 779. The molecule has 1 aliphatic heterocycles. The van der Waals surface area contributed by atoms with E-state index in [4.69, 9.17) is 18.9 Å². The largest absolute Gasteiger partial charge is 0.493 e. The molecule has 11 heteroatoms. The molecule has 0 saturated carbocycles. The van der Waals surface area contributed by atoms with Crippen molar-refractivity contribution in [2.45, 2.75) is 6.42 Å². The summed E-state index contributed by atoms with van der Waals surface area (Å²) in [6.07, 6.45) is 1.96. The number of methoxy groups -OCH3 is 2. The number of nitrogens with one attached hydrogen (secondary N) is 2. The molecule has 1 saturated heterocycles. The van der Waals surface area contributed by atoms with Crippen LogP contribution in [0.1, 0.15) is 12.0 Å². The molecule has 0 aromatic heterocycles. The Morgan fingerprint density at radius 2 is 1.94 bits per heavy atom. The molecule has 1 aliphatic rings. The van der Waals surface area contributed by atoms with Crippen molar-refractivity contribution >= 4 is 23.9 Å². The molecule has 11 nitrogen and oxygen atoms in total. The first kappa shape index (κ1) is 24.1. The van der Waals surface area contributed by atoms with Crippen LogP contribution in [0.25, 0.3) is 0 Å². The third-order valence-corrected chi connectivity index (χ3v) is 4.30. The van der Waals surface area contributed by atoms with Crippen molar-refractivity contribution in [3.8, 4) is 11.5 Å². The van der Waals surface area contributed by atoms with E-state index < -0.39 is 11.8 Å². The number of hydrogen-bond donors (Lipinski definition) is 2. The zero-order valence-corrected chi connectivity index (χ0v) is 17.7. The van der Waals surface area contributed by atoms with E-state index in [2.05, 4.69) is 15.8 Å². The van der Waals surface area contributed by atoms with Crippen molar-refractivity contribution in [1.29, 1.82) is 0 Å². The average Bonchev–Trinajstić information content (AvgIpc) is 2.80. The van der Waals surface area contributed by atoms with Gasteiger partial charge in [-0.2, -0.15) is 5.10 Å². The van der Waals surface area contributed by atoms with Gasteiger partial charge in [0, 0.05) is 33.4 Å². The molecule has 1 aromatic carbocycles. The zero-order chi connectivity index (χ0) is 22.5. The molecule has 0 bridgehead atoms. The van der Waals surface area contributed by atoms with Crippen LogP contribution >= 0.6 is 0 Å². The Hall–Kier alpha value is -3.18. The first-order chi connectivity index (χ1) is 15.0. The van der Waals surface area contributed by atoms with Crippen molar-refractivity contribution in [2.75, 3.05) is 60.3 Å². The molecular formula is C20H28N4O7. The van der Waals surface area contributed by atoms with E-state index in [0.29, 0.717) is 62.9 Å². The number of nitrogens with zero attached hydrogens (tertiary/aromatic N) is 2. The molecular weight excluding hydrogens is 408 g/mol. The second-order valence-electron chi connectivity index (χ2n) is 6.49. The van der Waals surface area contributed by atoms with Crippen molar-refractivity contribution in [3.63, 3.8) is 0 Å². The summed E-state index contributed by atoms with van der Waals surface area (Å²) in [4.78, 5) is 37.2. The number of amides is 3. The number of morpholine rings is 1. The monoisotopic (exact) mass is 436 g/mol. The summed E-state index contributed by atoms with van der Waals surface area (Å²) in [5.74, 6) is -0.970. The van der Waals surface area contributed by atoms with E-state index in [1.165, 1.54) is 13.3 Å². The fraction of sp³-hybridized carbons (Fsp3) is 0.500. The summed E-state index contributed by atoms with van der Waals surface area (Å²) in [7, 11) is 3.03. The van der Waals surface area contributed by atoms with Crippen molar-refractivity contribution in [2.24, 2.45) is 5.10 Å². The predicted octanol–water partition coefficient (Wildman–Crippen LogP) is -0.464. The highest BCUT2D eigenvalue weighted by Crippen LogP contribution is 2.27. The Morgan fingerprint density at radius 3 is 2.65 bits per heavy atom. The number of carbonyl (C=O) groups is 3. The number of hydrogen-bond acceptors (Lipinski definition) is 8. The fourth-order valence-corrected chi connectivity index (χ4v) is 2.64. The summed E-state index contributed by atoms with van der Waals surface area (Å²) in [5, 5.41) is 6.23. The van der Waals surface area contributed by atoms with Gasteiger partial charge in [0.2, 0.25) is 0 Å². The number of hydrazone groups is 1. The van der Waals surface area contributed by atoms with E-state index in [0.717, 1.165) is 0 Å². The average molecular weight is 436 g/mol. The van der Waals surface area contributed by atoms with Crippen LogP contribution in [0.5, 0.6) is 11.5 Å². The molecule has 1 fully saturated rings. The Kier molecular flexibility index (Phi) is 10.3. The van der Waals surface area contributed by atoms with Gasteiger partial charge in [0.15, 0.2) is 18.1 Å². The van der Waals surface area contributed by atoms with Gasteiger partial charge in [0.05, 0.1) is 26.5 Å². The van der Waals surface area contributed by atoms with Gasteiger partial charge in [-0.05, 0) is 30.2 Å². The van der Waals surface area contributed by atoms with Crippen LogP contribution in [0, 0.1) is 0 Å². The van der Waals surface area contributed by atoms with E-state index in [9.17, 15) is 14.4 Å². The van der Waals surface area contributed by atoms with Crippen molar-refractivity contribution in [1.82, 2.24) is 15.6 Å². The predicted molar refractivity (Wildman–Crippen MR) is 111 cm³/mol. The number of carbonyl (C=O) groups excluding carboxylic acids is 3. The number of benzene rings is 1. The summed E-state index contributed by atoms with van der Waals surface area (Å²) in [6, 6.07) is 4.95. The highest BCUT2D eigenvalue weighted by Gasteiger charge is 2.18. The lowest BCUT2D eigenvalue weighted by Crippen LogP contribution is -2.43. The maximum atomic E-state index is 12.2. The second kappa shape index (κ2) is 13.2. The maximum Gasteiger partial charge on any atom is 0.329 e. The number of rotatable bonds is 10. The minimum absolute atomic E-state index is 0.112.